The summed E-state index contributed by atoms with van der Waals surface area (Å²) in [6.45, 7) is 15.3. The van der Waals surface area contributed by atoms with Gasteiger partial charge in [-0.1, -0.05) is 38.1 Å². The van der Waals surface area contributed by atoms with E-state index in [1.807, 2.05) is 0 Å². The number of piperidine rings is 1. The van der Waals surface area contributed by atoms with Gasteiger partial charge in [0.05, 0.1) is 0 Å². The molecule has 1 unspecified atom stereocenters. The van der Waals surface area contributed by atoms with Crippen molar-refractivity contribution < 1.29 is 10.3 Å². The number of hydrogen-bond donors (Lipinski definition) is 3. The van der Waals surface area contributed by atoms with Crippen LogP contribution >= 0.6 is 0 Å². The minimum absolute atomic E-state index is 0.124. The first-order valence-corrected chi connectivity index (χ1v) is 8.96. The SMILES string of the molecule is CC(C)c1ccc(C(C)NC2CC(C)(C)[NH+](O)C(C)(C)C2)cc1. The predicted molar refractivity (Wildman–Crippen MR) is 96.0 cm³/mol. The lowest BCUT2D eigenvalue weighted by Gasteiger charge is -2.48. The van der Waals surface area contributed by atoms with E-state index in [-0.39, 0.29) is 11.1 Å². The maximum Gasteiger partial charge on any atom is 0.123 e. The zero-order valence-electron chi connectivity index (χ0n) is 15.9. The van der Waals surface area contributed by atoms with Gasteiger partial charge in [0.1, 0.15) is 11.1 Å². The van der Waals surface area contributed by atoms with E-state index in [9.17, 15) is 5.21 Å². The van der Waals surface area contributed by atoms with E-state index >= 15 is 0 Å². The van der Waals surface area contributed by atoms with E-state index in [4.69, 9.17) is 0 Å². The smallest absolute Gasteiger partial charge is 0.123 e. The van der Waals surface area contributed by atoms with Crippen molar-refractivity contribution >= 4 is 0 Å². The van der Waals surface area contributed by atoms with Crippen LogP contribution in [-0.2, 0) is 0 Å². The first kappa shape index (κ1) is 18.4. The monoisotopic (exact) mass is 319 g/mol. The van der Waals surface area contributed by atoms with Crippen LogP contribution in [0.15, 0.2) is 24.3 Å². The molecule has 3 nitrogen and oxygen atoms in total. The van der Waals surface area contributed by atoms with E-state index < -0.39 is 0 Å². The number of hydroxylamine groups is 2. The van der Waals surface area contributed by atoms with E-state index in [0.717, 1.165) is 12.8 Å². The van der Waals surface area contributed by atoms with Crippen LogP contribution in [0.4, 0.5) is 0 Å². The highest BCUT2D eigenvalue weighted by molar-refractivity contribution is 5.26. The summed E-state index contributed by atoms with van der Waals surface area (Å²) in [5.41, 5.74) is 2.48. The summed E-state index contributed by atoms with van der Waals surface area (Å²) in [6, 6.07) is 9.73. The Morgan fingerprint density at radius 3 is 1.83 bits per heavy atom. The third-order valence-electron chi connectivity index (χ3n) is 5.38. The molecule has 130 valence electrons. The number of quaternary nitrogens is 1. The molecule has 0 amide bonds. The fourth-order valence-electron chi connectivity index (χ4n) is 4.15. The average molecular weight is 320 g/mol. The van der Waals surface area contributed by atoms with Crippen molar-refractivity contribution in [2.75, 3.05) is 0 Å². The average Bonchev–Trinajstić information content (AvgIpc) is 2.44. The Bertz CT molecular complexity index is 501. The summed E-state index contributed by atoms with van der Waals surface area (Å²) < 4.78 is 0. The van der Waals surface area contributed by atoms with Crippen LogP contribution in [0.1, 0.15) is 84.4 Å². The second-order valence-electron chi connectivity index (χ2n) is 8.93. The van der Waals surface area contributed by atoms with E-state index in [2.05, 4.69) is 78.0 Å². The van der Waals surface area contributed by atoms with E-state index in [1.165, 1.54) is 11.1 Å². The van der Waals surface area contributed by atoms with Crippen molar-refractivity contribution in [3.8, 4) is 0 Å². The summed E-state index contributed by atoms with van der Waals surface area (Å²) in [7, 11) is 0. The Morgan fingerprint density at radius 2 is 1.39 bits per heavy atom. The Hall–Kier alpha value is -0.900. The molecule has 1 aliphatic heterocycles. The predicted octanol–water partition coefficient (Wildman–Crippen LogP) is 3.45. The molecule has 23 heavy (non-hydrogen) atoms. The van der Waals surface area contributed by atoms with E-state index in [1.54, 1.807) is 0 Å². The van der Waals surface area contributed by atoms with Gasteiger partial charge in [0, 0.05) is 24.9 Å². The molecule has 0 saturated carbocycles. The molecule has 1 saturated heterocycles. The van der Waals surface area contributed by atoms with Crippen LogP contribution in [0.25, 0.3) is 0 Å². The molecule has 1 aromatic carbocycles. The fraction of sp³-hybridized carbons (Fsp3) is 0.700. The van der Waals surface area contributed by atoms with Gasteiger partial charge in [-0.15, -0.1) is 0 Å². The van der Waals surface area contributed by atoms with Gasteiger partial charge < -0.3 is 5.32 Å². The molecule has 1 fully saturated rings. The van der Waals surface area contributed by atoms with Crippen LogP contribution in [0.5, 0.6) is 0 Å². The lowest BCUT2D eigenvalue weighted by atomic mass is 9.78. The van der Waals surface area contributed by atoms with Gasteiger partial charge in [-0.25, -0.2) is 5.21 Å². The molecule has 2 rings (SSSR count). The van der Waals surface area contributed by atoms with Crippen molar-refractivity contribution in [3.63, 3.8) is 0 Å². The molecule has 0 spiro atoms. The minimum Gasteiger partial charge on any atom is -0.307 e. The van der Waals surface area contributed by atoms with Crippen molar-refractivity contribution in [3.05, 3.63) is 35.4 Å². The molecule has 1 atom stereocenters. The van der Waals surface area contributed by atoms with Gasteiger partial charge in [-0.3, -0.25) is 0 Å². The van der Waals surface area contributed by atoms with Crippen molar-refractivity contribution in [2.24, 2.45) is 0 Å². The molecule has 3 heteroatoms. The van der Waals surface area contributed by atoms with Gasteiger partial charge in [0.2, 0.25) is 0 Å². The van der Waals surface area contributed by atoms with E-state index in [0.29, 0.717) is 23.1 Å². The third kappa shape index (κ3) is 4.14. The fourth-order valence-corrected chi connectivity index (χ4v) is 4.15. The summed E-state index contributed by atoms with van der Waals surface area (Å²) in [5, 5.41) is 14.9. The van der Waals surface area contributed by atoms with Crippen LogP contribution in [0.2, 0.25) is 0 Å². The van der Waals surface area contributed by atoms with Gasteiger partial charge >= 0.3 is 0 Å². The molecule has 1 aromatic rings. The number of hydrogen-bond acceptors (Lipinski definition) is 2. The molecule has 0 bridgehead atoms. The highest BCUT2D eigenvalue weighted by Crippen LogP contribution is 2.26. The molecule has 3 N–H and O–H groups in total. The Labute approximate surface area is 142 Å². The zero-order valence-corrected chi connectivity index (χ0v) is 15.9. The maximum absolute atomic E-state index is 10.5. The lowest BCUT2D eigenvalue weighted by molar-refractivity contribution is -1.16. The summed E-state index contributed by atoms with van der Waals surface area (Å²) in [5.74, 6) is 0.575. The maximum atomic E-state index is 10.5. The molecular weight excluding hydrogens is 284 g/mol. The highest BCUT2D eigenvalue weighted by Gasteiger charge is 2.49. The van der Waals surface area contributed by atoms with Crippen molar-refractivity contribution in [1.82, 2.24) is 5.32 Å². The minimum atomic E-state index is -0.124. The molecule has 1 aliphatic rings. The van der Waals surface area contributed by atoms with Gasteiger partial charge in [-0.2, -0.15) is 5.06 Å². The number of benzene rings is 1. The summed E-state index contributed by atoms with van der Waals surface area (Å²) in [6.07, 6.45) is 1.97. The summed E-state index contributed by atoms with van der Waals surface area (Å²) >= 11 is 0. The van der Waals surface area contributed by atoms with Crippen LogP contribution in [-0.4, -0.2) is 22.3 Å². The first-order valence-electron chi connectivity index (χ1n) is 8.96. The number of rotatable bonds is 4. The third-order valence-corrected chi connectivity index (χ3v) is 5.38. The molecule has 0 aliphatic carbocycles. The van der Waals surface area contributed by atoms with Crippen molar-refractivity contribution in [2.45, 2.75) is 90.4 Å². The Balaban J connectivity index is 2.06. The second-order valence-corrected chi connectivity index (χ2v) is 8.93. The lowest BCUT2D eigenvalue weighted by Crippen LogP contribution is -3.25. The quantitative estimate of drug-likeness (QED) is 0.795. The topological polar surface area (TPSA) is 36.7 Å². The van der Waals surface area contributed by atoms with Crippen LogP contribution < -0.4 is 10.4 Å². The largest absolute Gasteiger partial charge is 0.307 e. The number of nitrogens with one attached hydrogen (secondary N) is 2. The molecule has 1 heterocycles. The molecular formula is C20H35N2O+. The Kier molecular flexibility index (Phi) is 5.24. The zero-order chi connectivity index (χ0) is 17.4. The highest BCUT2D eigenvalue weighted by atomic mass is 16.5. The molecule has 0 radical (unpaired) electrons. The molecule has 0 aromatic heterocycles. The van der Waals surface area contributed by atoms with Gasteiger partial charge in [-0.05, 0) is 51.7 Å². The van der Waals surface area contributed by atoms with Crippen LogP contribution in [0.3, 0.4) is 0 Å². The standard InChI is InChI=1S/C20H34N2O/c1-14(2)16-8-10-17(11-9-16)15(3)21-18-12-19(4,5)22(23)20(6,7)13-18/h8-11,14-15,18,21,23H,12-13H2,1-7H3/p+1. The van der Waals surface area contributed by atoms with Crippen LogP contribution in [0, 0.1) is 0 Å². The van der Waals surface area contributed by atoms with Gasteiger partial charge in [0.15, 0.2) is 0 Å². The summed E-state index contributed by atoms with van der Waals surface area (Å²) in [4.78, 5) is 0. The second kappa shape index (κ2) is 6.54. The van der Waals surface area contributed by atoms with Gasteiger partial charge in [0.25, 0.3) is 0 Å². The van der Waals surface area contributed by atoms with Crippen molar-refractivity contribution in [1.29, 1.82) is 0 Å². The Morgan fingerprint density at radius 1 is 0.957 bits per heavy atom. The first-order chi connectivity index (χ1) is 10.5. The normalized spacial score (nSPS) is 27.9.